The van der Waals surface area contributed by atoms with Crippen LogP contribution in [0.2, 0.25) is 0 Å². The third-order valence-corrected chi connectivity index (χ3v) is 6.88. The van der Waals surface area contributed by atoms with Gasteiger partial charge in [-0.3, -0.25) is 13.9 Å². The zero-order valence-electron chi connectivity index (χ0n) is 21.6. The van der Waals surface area contributed by atoms with E-state index in [2.05, 4.69) is 37.8 Å². The highest BCUT2D eigenvalue weighted by atomic mass is 16.5. The summed E-state index contributed by atoms with van der Waals surface area (Å²) in [6, 6.07) is 6.11. The van der Waals surface area contributed by atoms with Crippen molar-refractivity contribution in [2.24, 2.45) is 20.0 Å². The number of hydrogen-bond acceptors (Lipinski definition) is 6. The number of rotatable bonds is 7. The second kappa shape index (κ2) is 9.89. The molecule has 2 atom stereocenters. The maximum atomic E-state index is 13.2. The first-order chi connectivity index (χ1) is 16.6. The fraction of sp³-hybridized carbons (Fsp3) is 0.577. The van der Waals surface area contributed by atoms with Crippen LogP contribution in [0.5, 0.6) is 5.75 Å². The number of imidazole rings is 1. The number of ether oxygens (including phenoxy) is 1. The molecule has 1 fully saturated rings. The Morgan fingerprint density at radius 2 is 1.94 bits per heavy atom. The summed E-state index contributed by atoms with van der Waals surface area (Å²) in [5.74, 6) is 2.16. The van der Waals surface area contributed by atoms with Crippen LogP contribution in [0, 0.1) is 12.8 Å². The molecule has 0 bridgehead atoms. The van der Waals surface area contributed by atoms with Gasteiger partial charge in [0.15, 0.2) is 11.2 Å². The van der Waals surface area contributed by atoms with E-state index in [9.17, 15) is 14.7 Å². The Bertz CT molecular complexity index is 1340. The van der Waals surface area contributed by atoms with Gasteiger partial charge < -0.3 is 19.3 Å². The highest BCUT2D eigenvalue weighted by molar-refractivity contribution is 5.74. The van der Waals surface area contributed by atoms with Gasteiger partial charge in [-0.1, -0.05) is 32.9 Å². The molecular weight excluding hydrogens is 446 g/mol. The number of aliphatic hydroxyl groups is 1. The van der Waals surface area contributed by atoms with Crippen molar-refractivity contribution in [1.29, 1.82) is 0 Å². The predicted octanol–water partition coefficient (Wildman–Crippen LogP) is 2.54. The van der Waals surface area contributed by atoms with Crippen LogP contribution in [0.4, 0.5) is 5.95 Å². The summed E-state index contributed by atoms with van der Waals surface area (Å²) in [6.07, 6.45) is 1.29. The van der Waals surface area contributed by atoms with Gasteiger partial charge in [0, 0.05) is 27.2 Å². The molecule has 3 heterocycles. The molecule has 0 amide bonds. The quantitative estimate of drug-likeness (QED) is 0.555. The van der Waals surface area contributed by atoms with Crippen LogP contribution in [0.15, 0.2) is 27.8 Å². The number of nitrogens with zero attached hydrogens (tertiary/aromatic N) is 5. The van der Waals surface area contributed by atoms with E-state index in [1.165, 1.54) is 11.6 Å². The van der Waals surface area contributed by atoms with Gasteiger partial charge in [-0.15, -0.1) is 0 Å². The smallest absolute Gasteiger partial charge is 0.332 e. The average molecular weight is 484 g/mol. The lowest BCUT2D eigenvalue weighted by Crippen LogP contribution is -2.39. The van der Waals surface area contributed by atoms with E-state index in [4.69, 9.17) is 9.72 Å². The third-order valence-electron chi connectivity index (χ3n) is 6.88. The molecule has 1 aromatic carbocycles. The van der Waals surface area contributed by atoms with Crippen LogP contribution in [-0.2, 0) is 20.6 Å². The highest BCUT2D eigenvalue weighted by Gasteiger charge is 2.27. The van der Waals surface area contributed by atoms with Crippen LogP contribution in [0.1, 0.15) is 50.7 Å². The number of benzene rings is 1. The summed E-state index contributed by atoms with van der Waals surface area (Å²) < 4.78 is 10.3. The lowest BCUT2D eigenvalue weighted by molar-refractivity contribution is 0.0929. The van der Waals surface area contributed by atoms with Crippen molar-refractivity contribution in [3.63, 3.8) is 0 Å². The molecular formula is C26H37N5O4. The molecule has 9 nitrogen and oxygen atoms in total. The summed E-state index contributed by atoms with van der Waals surface area (Å²) in [7, 11) is 3.09. The van der Waals surface area contributed by atoms with Crippen molar-refractivity contribution in [2.75, 3.05) is 24.6 Å². The molecule has 0 aliphatic carbocycles. The SMILES string of the molecule is Cc1ccc(C(C)C)c(OC[C@H](O)Cn2c(N3CCC[C@@H](C)C3)nc3c2c(=O)n(C)c(=O)n3C)c1. The van der Waals surface area contributed by atoms with E-state index in [0.29, 0.717) is 23.0 Å². The van der Waals surface area contributed by atoms with Crippen molar-refractivity contribution in [3.8, 4) is 5.75 Å². The van der Waals surface area contributed by atoms with E-state index in [-0.39, 0.29) is 19.1 Å². The first kappa shape index (κ1) is 25.0. The van der Waals surface area contributed by atoms with Crippen molar-refractivity contribution < 1.29 is 9.84 Å². The van der Waals surface area contributed by atoms with Crippen LogP contribution in [0.25, 0.3) is 11.2 Å². The number of aliphatic hydroxyl groups excluding tert-OH is 1. The lowest BCUT2D eigenvalue weighted by Gasteiger charge is -2.32. The summed E-state index contributed by atoms with van der Waals surface area (Å²) in [4.78, 5) is 32.6. The number of fused-ring (bicyclic) bond motifs is 1. The second-order valence-corrected chi connectivity index (χ2v) is 10.3. The molecule has 3 aromatic rings. The van der Waals surface area contributed by atoms with Gasteiger partial charge in [0.05, 0.1) is 6.54 Å². The van der Waals surface area contributed by atoms with Crippen molar-refractivity contribution in [1.82, 2.24) is 18.7 Å². The Labute approximate surface area is 205 Å². The number of hydrogen-bond donors (Lipinski definition) is 1. The largest absolute Gasteiger partial charge is 0.491 e. The number of piperidine rings is 1. The molecule has 0 saturated carbocycles. The molecule has 190 valence electrons. The van der Waals surface area contributed by atoms with Crippen molar-refractivity contribution >= 4 is 17.1 Å². The first-order valence-corrected chi connectivity index (χ1v) is 12.4. The molecule has 9 heteroatoms. The van der Waals surface area contributed by atoms with Gasteiger partial charge >= 0.3 is 5.69 Å². The van der Waals surface area contributed by atoms with Gasteiger partial charge in [0.2, 0.25) is 5.95 Å². The normalized spacial score (nSPS) is 17.4. The highest BCUT2D eigenvalue weighted by Crippen LogP contribution is 2.28. The molecule has 1 N–H and O–H groups in total. The van der Waals surface area contributed by atoms with Crippen LogP contribution in [-0.4, -0.2) is 49.6 Å². The minimum atomic E-state index is -0.879. The Kier molecular flexibility index (Phi) is 7.07. The van der Waals surface area contributed by atoms with E-state index in [1.807, 2.05) is 13.0 Å². The zero-order chi connectivity index (χ0) is 25.4. The standard InChI is InChI=1S/C26H37N5O4/c1-16(2)20-10-9-17(3)12-21(20)35-15-19(32)14-31-22-23(28(5)26(34)29(6)24(22)33)27-25(31)30-11-7-8-18(4)13-30/h9-10,12,16,18-19,32H,7-8,11,13-15H2,1-6H3/t18-,19-/m1/s1. The zero-order valence-corrected chi connectivity index (χ0v) is 21.6. The van der Waals surface area contributed by atoms with E-state index < -0.39 is 17.4 Å². The van der Waals surface area contributed by atoms with Crippen LogP contribution >= 0.6 is 0 Å². The summed E-state index contributed by atoms with van der Waals surface area (Å²) >= 11 is 0. The predicted molar refractivity (Wildman–Crippen MR) is 138 cm³/mol. The number of aryl methyl sites for hydroxylation is 2. The average Bonchev–Trinajstić information content (AvgIpc) is 3.19. The van der Waals surface area contributed by atoms with Crippen molar-refractivity contribution in [2.45, 2.75) is 59.1 Å². The second-order valence-electron chi connectivity index (χ2n) is 10.3. The van der Waals surface area contributed by atoms with Gasteiger partial charge in [-0.05, 0) is 48.8 Å². The fourth-order valence-electron chi connectivity index (χ4n) is 4.91. The summed E-state index contributed by atoms with van der Waals surface area (Å²) in [5, 5.41) is 11.0. The first-order valence-electron chi connectivity index (χ1n) is 12.4. The maximum Gasteiger partial charge on any atom is 0.332 e. The van der Waals surface area contributed by atoms with Crippen LogP contribution < -0.4 is 20.9 Å². The molecule has 0 spiro atoms. The van der Waals surface area contributed by atoms with Gasteiger partial charge in [-0.25, -0.2) is 4.79 Å². The topological polar surface area (TPSA) is 94.5 Å². The molecule has 2 aromatic heterocycles. The number of anilines is 1. The van der Waals surface area contributed by atoms with E-state index >= 15 is 0 Å². The fourth-order valence-corrected chi connectivity index (χ4v) is 4.91. The number of aromatic nitrogens is 4. The Hall–Kier alpha value is -3.07. The van der Waals surface area contributed by atoms with Crippen molar-refractivity contribution in [3.05, 3.63) is 50.2 Å². The van der Waals surface area contributed by atoms with E-state index in [0.717, 1.165) is 47.4 Å². The van der Waals surface area contributed by atoms with Gasteiger partial charge in [-0.2, -0.15) is 4.98 Å². The third kappa shape index (κ3) is 4.87. The molecule has 0 unspecified atom stereocenters. The molecule has 35 heavy (non-hydrogen) atoms. The molecule has 1 aliphatic rings. The molecule has 1 aliphatic heterocycles. The molecule has 4 rings (SSSR count). The van der Waals surface area contributed by atoms with Gasteiger partial charge in [0.25, 0.3) is 5.56 Å². The van der Waals surface area contributed by atoms with E-state index in [1.54, 1.807) is 11.6 Å². The molecule has 0 radical (unpaired) electrons. The molecule has 1 saturated heterocycles. The summed E-state index contributed by atoms with van der Waals surface area (Å²) in [6.45, 7) is 10.3. The summed E-state index contributed by atoms with van der Waals surface area (Å²) in [5.41, 5.74) is 1.99. The minimum Gasteiger partial charge on any atom is -0.491 e. The lowest BCUT2D eigenvalue weighted by atomic mass is 10.0. The Balaban J connectivity index is 1.70. The van der Waals surface area contributed by atoms with Gasteiger partial charge in [0.1, 0.15) is 18.5 Å². The minimum absolute atomic E-state index is 0.0742. The monoisotopic (exact) mass is 483 g/mol. The maximum absolute atomic E-state index is 13.2. The Morgan fingerprint density at radius 3 is 2.63 bits per heavy atom. The van der Waals surface area contributed by atoms with Crippen LogP contribution in [0.3, 0.4) is 0 Å². The Morgan fingerprint density at radius 1 is 1.20 bits per heavy atom.